The van der Waals surface area contributed by atoms with E-state index in [1.54, 1.807) is 29.2 Å². The molecule has 2 aliphatic rings. The molecule has 7 heteroatoms. The normalized spacial score (nSPS) is 26.6. The third-order valence-electron chi connectivity index (χ3n) is 6.76. The highest BCUT2D eigenvalue weighted by atomic mass is 16.3. The van der Waals surface area contributed by atoms with E-state index in [-0.39, 0.29) is 29.0 Å². The standard InChI is InChI=1S/C22H24N4O3/c1-25-11-5-9-18(25)22(29)10-4-6-14-12-26(13-17(14)22)21(28)19-15-7-2-3-8-16(15)20(27)24-23-19/h2-3,5,7-9,11,14,17,29H,4,6,10,12-13H2,1H3,(H,24,27)/t14-,17-,22+/m0/s1. The molecule has 5 rings (SSSR count). The third kappa shape index (κ3) is 2.72. The second-order valence-electron chi connectivity index (χ2n) is 8.34. The summed E-state index contributed by atoms with van der Waals surface area (Å²) in [6.07, 6.45) is 4.59. The number of rotatable bonds is 2. The fourth-order valence-corrected chi connectivity index (χ4v) is 5.35. The average Bonchev–Trinajstić information content (AvgIpc) is 3.36. The molecule has 1 amide bonds. The Morgan fingerprint density at radius 1 is 1.21 bits per heavy atom. The average molecular weight is 392 g/mol. The van der Waals surface area contributed by atoms with Crippen LogP contribution in [0.25, 0.3) is 10.8 Å². The number of aryl methyl sites for hydroxylation is 1. The first-order valence-electron chi connectivity index (χ1n) is 10.1. The minimum atomic E-state index is -0.934. The summed E-state index contributed by atoms with van der Waals surface area (Å²) in [5.74, 6) is 0.0468. The van der Waals surface area contributed by atoms with Gasteiger partial charge in [0, 0.05) is 43.3 Å². The van der Waals surface area contributed by atoms with Gasteiger partial charge >= 0.3 is 0 Å². The Hall–Kier alpha value is -2.93. The van der Waals surface area contributed by atoms with E-state index in [1.807, 2.05) is 29.9 Å². The van der Waals surface area contributed by atoms with Crippen LogP contribution in [0.5, 0.6) is 0 Å². The van der Waals surface area contributed by atoms with E-state index in [4.69, 9.17) is 0 Å². The number of benzene rings is 1. The quantitative estimate of drug-likeness (QED) is 0.698. The molecule has 1 aliphatic carbocycles. The number of carbonyl (C=O) groups excluding carboxylic acids is 1. The summed E-state index contributed by atoms with van der Waals surface area (Å²) in [5, 5.41) is 19.2. The predicted octanol–water partition coefficient (Wildman–Crippen LogP) is 2.02. The van der Waals surface area contributed by atoms with Crippen LogP contribution in [0.1, 0.15) is 35.4 Å². The predicted molar refractivity (Wildman–Crippen MR) is 108 cm³/mol. The summed E-state index contributed by atoms with van der Waals surface area (Å²) in [7, 11) is 1.95. The number of fused-ring (bicyclic) bond motifs is 2. The number of aliphatic hydroxyl groups is 1. The Kier molecular flexibility index (Phi) is 4.10. The maximum Gasteiger partial charge on any atom is 0.274 e. The largest absolute Gasteiger partial charge is 0.383 e. The first-order chi connectivity index (χ1) is 14.0. The molecule has 0 radical (unpaired) electrons. The van der Waals surface area contributed by atoms with Crippen molar-refractivity contribution in [3.05, 3.63) is 64.3 Å². The van der Waals surface area contributed by atoms with Gasteiger partial charge in [-0.3, -0.25) is 9.59 Å². The summed E-state index contributed by atoms with van der Waals surface area (Å²) in [6.45, 7) is 1.09. The number of likely N-dealkylation sites (tertiary alicyclic amines) is 1. The summed E-state index contributed by atoms with van der Waals surface area (Å²) in [6, 6.07) is 11.0. The second-order valence-corrected chi connectivity index (χ2v) is 8.34. The van der Waals surface area contributed by atoms with Crippen molar-refractivity contribution >= 4 is 16.7 Å². The molecule has 150 valence electrons. The Morgan fingerprint density at radius 2 is 2.00 bits per heavy atom. The molecule has 2 N–H and O–H groups in total. The minimum absolute atomic E-state index is 0.0113. The SMILES string of the molecule is Cn1cccc1[C@@]1(O)CCC[C@H]2CN(C(=O)c3n[nH]c(=O)c4ccccc34)C[C@@H]21. The number of carbonyl (C=O) groups is 1. The van der Waals surface area contributed by atoms with Gasteiger partial charge < -0.3 is 14.6 Å². The van der Waals surface area contributed by atoms with Crippen LogP contribution < -0.4 is 5.56 Å². The van der Waals surface area contributed by atoms with Crippen LogP contribution in [0, 0.1) is 11.8 Å². The van der Waals surface area contributed by atoms with Crippen LogP contribution in [0.3, 0.4) is 0 Å². The van der Waals surface area contributed by atoms with Crippen molar-refractivity contribution in [1.29, 1.82) is 0 Å². The first kappa shape index (κ1) is 18.1. The van der Waals surface area contributed by atoms with Crippen LogP contribution >= 0.6 is 0 Å². The van der Waals surface area contributed by atoms with Gasteiger partial charge in [-0.25, -0.2) is 5.10 Å². The van der Waals surface area contributed by atoms with Crippen molar-refractivity contribution < 1.29 is 9.90 Å². The zero-order valence-corrected chi connectivity index (χ0v) is 16.3. The van der Waals surface area contributed by atoms with E-state index in [0.29, 0.717) is 30.3 Å². The number of aromatic nitrogens is 3. The molecule has 2 aromatic heterocycles. The van der Waals surface area contributed by atoms with Gasteiger partial charge in [0.1, 0.15) is 5.60 Å². The van der Waals surface area contributed by atoms with Crippen LogP contribution in [-0.4, -0.2) is 43.8 Å². The molecule has 0 bridgehead atoms. The van der Waals surface area contributed by atoms with Crippen molar-refractivity contribution in [3.8, 4) is 0 Å². The van der Waals surface area contributed by atoms with Gasteiger partial charge in [0.05, 0.1) is 5.39 Å². The molecule has 1 aliphatic heterocycles. The molecule has 3 aromatic rings. The molecule has 1 saturated carbocycles. The topological polar surface area (TPSA) is 91.2 Å². The van der Waals surface area contributed by atoms with Crippen molar-refractivity contribution in [3.63, 3.8) is 0 Å². The molecule has 7 nitrogen and oxygen atoms in total. The van der Waals surface area contributed by atoms with Gasteiger partial charge in [-0.2, -0.15) is 5.10 Å². The van der Waals surface area contributed by atoms with E-state index in [9.17, 15) is 14.7 Å². The molecule has 1 aromatic carbocycles. The number of aromatic amines is 1. The van der Waals surface area contributed by atoms with Crippen LogP contribution in [-0.2, 0) is 12.6 Å². The summed E-state index contributed by atoms with van der Waals surface area (Å²) >= 11 is 0. The van der Waals surface area contributed by atoms with E-state index < -0.39 is 5.60 Å². The van der Waals surface area contributed by atoms with Gasteiger partial charge in [-0.05, 0) is 43.4 Å². The fraction of sp³-hybridized carbons (Fsp3) is 0.409. The first-order valence-corrected chi connectivity index (χ1v) is 10.1. The minimum Gasteiger partial charge on any atom is -0.383 e. The lowest BCUT2D eigenvalue weighted by molar-refractivity contribution is -0.0697. The summed E-state index contributed by atoms with van der Waals surface area (Å²) in [4.78, 5) is 27.2. The highest BCUT2D eigenvalue weighted by molar-refractivity contribution is 6.04. The van der Waals surface area contributed by atoms with E-state index in [1.165, 1.54) is 0 Å². The smallest absolute Gasteiger partial charge is 0.274 e. The van der Waals surface area contributed by atoms with Gasteiger partial charge in [-0.1, -0.05) is 18.2 Å². The Morgan fingerprint density at radius 3 is 2.76 bits per heavy atom. The molecule has 0 spiro atoms. The van der Waals surface area contributed by atoms with Crippen LogP contribution in [0.15, 0.2) is 47.4 Å². The number of amides is 1. The van der Waals surface area contributed by atoms with E-state index >= 15 is 0 Å². The zero-order valence-electron chi connectivity index (χ0n) is 16.3. The third-order valence-corrected chi connectivity index (χ3v) is 6.76. The van der Waals surface area contributed by atoms with Gasteiger partial charge in [0.25, 0.3) is 11.5 Å². The van der Waals surface area contributed by atoms with Gasteiger partial charge in [0.15, 0.2) is 5.69 Å². The Balaban J connectivity index is 1.49. The molecule has 1 saturated heterocycles. The molecule has 2 fully saturated rings. The van der Waals surface area contributed by atoms with Crippen LogP contribution in [0.4, 0.5) is 0 Å². The lowest BCUT2D eigenvalue weighted by Gasteiger charge is -2.41. The maximum atomic E-state index is 13.3. The Bertz CT molecular complexity index is 1150. The van der Waals surface area contributed by atoms with E-state index in [2.05, 4.69) is 10.2 Å². The molecule has 0 unspecified atom stereocenters. The molecule has 3 heterocycles. The number of nitrogens with one attached hydrogen (secondary N) is 1. The molecular weight excluding hydrogens is 368 g/mol. The van der Waals surface area contributed by atoms with Crippen molar-refractivity contribution in [2.75, 3.05) is 13.1 Å². The molecule has 3 atom stereocenters. The zero-order chi connectivity index (χ0) is 20.2. The second kappa shape index (κ2) is 6.56. The summed E-state index contributed by atoms with van der Waals surface area (Å²) in [5.41, 5.74) is -0.0582. The lowest BCUT2D eigenvalue weighted by Crippen LogP contribution is -2.44. The summed E-state index contributed by atoms with van der Waals surface area (Å²) < 4.78 is 1.98. The highest BCUT2D eigenvalue weighted by Crippen LogP contribution is 2.48. The van der Waals surface area contributed by atoms with Crippen molar-refractivity contribution in [2.24, 2.45) is 18.9 Å². The Labute approximate surface area is 168 Å². The van der Waals surface area contributed by atoms with Crippen LogP contribution in [0.2, 0.25) is 0 Å². The molecular formula is C22H24N4O3. The maximum absolute atomic E-state index is 13.3. The number of hydrogen-bond acceptors (Lipinski definition) is 4. The highest BCUT2D eigenvalue weighted by Gasteiger charge is 2.51. The van der Waals surface area contributed by atoms with Crippen molar-refractivity contribution in [1.82, 2.24) is 19.7 Å². The number of H-pyrrole nitrogens is 1. The monoisotopic (exact) mass is 392 g/mol. The van der Waals surface area contributed by atoms with Gasteiger partial charge in [-0.15, -0.1) is 0 Å². The lowest BCUT2D eigenvalue weighted by atomic mass is 9.69. The van der Waals surface area contributed by atoms with Gasteiger partial charge in [0.2, 0.25) is 0 Å². The number of nitrogens with zero attached hydrogens (tertiary/aromatic N) is 3. The van der Waals surface area contributed by atoms with Crippen molar-refractivity contribution in [2.45, 2.75) is 24.9 Å². The molecule has 29 heavy (non-hydrogen) atoms. The number of hydrogen-bond donors (Lipinski definition) is 2. The fourth-order valence-electron chi connectivity index (χ4n) is 5.35. The van der Waals surface area contributed by atoms with E-state index in [0.717, 1.165) is 18.5 Å².